The van der Waals surface area contributed by atoms with Crippen LogP contribution >= 0.6 is 11.6 Å². The van der Waals surface area contributed by atoms with Crippen LogP contribution in [0.15, 0.2) is 48.0 Å². The van der Waals surface area contributed by atoms with Crippen LogP contribution in [0.1, 0.15) is 43.2 Å². The largest absolute Gasteiger partial charge is 1.00 e. The van der Waals surface area contributed by atoms with Crippen LogP contribution in [0.2, 0.25) is 5.02 Å². The van der Waals surface area contributed by atoms with E-state index in [1.165, 1.54) is 37.7 Å². The number of rotatable bonds is 5. The van der Waals surface area contributed by atoms with Gasteiger partial charge in [-0.25, -0.2) is 0 Å². The van der Waals surface area contributed by atoms with E-state index in [0.29, 0.717) is 10.6 Å². The number of nitrogens with one attached hydrogen (secondary N) is 1. The number of ether oxygens (including phenoxy) is 1. The minimum atomic E-state index is -0.147. The zero-order chi connectivity index (χ0) is 21.1. The molecule has 0 bridgehead atoms. The van der Waals surface area contributed by atoms with Gasteiger partial charge in [0.15, 0.2) is 0 Å². The zero-order valence-corrected chi connectivity index (χ0v) is 19.7. The fraction of sp³-hybridized carbons (Fsp3) is 0.400. The molecule has 1 N–H and O–H groups in total. The van der Waals surface area contributed by atoms with Gasteiger partial charge in [-0.3, -0.25) is 4.79 Å². The van der Waals surface area contributed by atoms with E-state index in [-0.39, 0.29) is 24.9 Å². The van der Waals surface area contributed by atoms with Crippen molar-refractivity contribution >= 4 is 29.3 Å². The van der Waals surface area contributed by atoms with E-state index in [0.717, 1.165) is 34.1 Å². The third kappa shape index (κ3) is 5.82. The van der Waals surface area contributed by atoms with Crippen molar-refractivity contribution in [2.24, 2.45) is 0 Å². The molecule has 2 aromatic rings. The van der Waals surface area contributed by atoms with Crippen LogP contribution in [-0.4, -0.2) is 37.1 Å². The Morgan fingerprint density at radius 3 is 2.52 bits per heavy atom. The molecule has 0 saturated heterocycles. The quantitative estimate of drug-likeness (QED) is 0.696. The Hall–Kier alpha value is -2.01. The highest BCUT2D eigenvalue weighted by Gasteiger charge is 2.29. The van der Waals surface area contributed by atoms with Crippen LogP contribution in [-0.2, 0) is 11.3 Å². The molecule has 0 atom stereocenters. The lowest BCUT2D eigenvalue weighted by Crippen LogP contribution is -3.00. The summed E-state index contributed by atoms with van der Waals surface area (Å²) < 4.78 is 6.72. The molecule has 31 heavy (non-hydrogen) atoms. The standard InChI is InChI=1S/C25H29ClN2O2.ClH/c1-28(2,23-6-4-3-5-7-23)16-18-8-11-22(12-9-18)27-25(29)20-14-19-15-21(26)10-13-24(19)30-17-20;/h8-15,23H,3-7,16-17H2,1-2H3;1H. The summed E-state index contributed by atoms with van der Waals surface area (Å²) in [5.74, 6) is 0.603. The average Bonchev–Trinajstić information content (AvgIpc) is 2.75. The van der Waals surface area contributed by atoms with E-state index in [2.05, 4.69) is 31.5 Å². The predicted octanol–water partition coefficient (Wildman–Crippen LogP) is 2.67. The molecule has 1 amide bonds. The lowest BCUT2D eigenvalue weighted by atomic mass is 9.92. The molecule has 0 unspecified atom stereocenters. The number of quaternary nitrogens is 1. The summed E-state index contributed by atoms with van der Waals surface area (Å²) >= 11 is 6.06. The Balaban J connectivity index is 0.00000272. The molecule has 1 saturated carbocycles. The highest BCUT2D eigenvalue weighted by molar-refractivity contribution is 6.30. The number of carbonyl (C=O) groups excluding carboxylic acids is 1. The average molecular weight is 461 g/mol. The van der Waals surface area contributed by atoms with Gasteiger partial charge < -0.3 is 26.9 Å². The molecule has 1 aliphatic carbocycles. The minimum absolute atomic E-state index is 0. The topological polar surface area (TPSA) is 38.3 Å². The normalized spacial score (nSPS) is 16.4. The summed E-state index contributed by atoms with van der Waals surface area (Å²) in [4.78, 5) is 12.7. The predicted molar refractivity (Wildman–Crippen MR) is 123 cm³/mol. The van der Waals surface area contributed by atoms with Crippen molar-refractivity contribution in [3.05, 3.63) is 64.2 Å². The van der Waals surface area contributed by atoms with E-state index in [1.807, 2.05) is 30.3 Å². The Morgan fingerprint density at radius 1 is 1.10 bits per heavy atom. The Kier molecular flexibility index (Phi) is 7.68. The fourth-order valence-electron chi connectivity index (χ4n) is 4.56. The van der Waals surface area contributed by atoms with Crippen molar-refractivity contribution < 1.29 is 26.4 Å². The van der Waals surface area contributed by atoms with Gasteiger partial charge in [0.25, 0.3) is 5.91 Å². The highest BCUT2D eigenvalue weighted by Crippen LogP contribution is 2.30. The fourth-order valence-corrected chi connectivity index (χ4v) is 4.74. The van der Waals surface area contributed by atoms with E-state index >= 15 is 0 Å². The smallest absolute Gasteiger partial charge is 0.255 e. The monoisotopic (exact) mass is 460 g/mol. The van der Waals surface area contributed by atoms with E-state index in [4.69, 9.17) is 16.3 Å². The molecule has 6 heteroatoms. The summed E-state index contributed by atoms with van der Waals surface area (Å²) in [5, 5.41) is 3.61. The number of fused-ring (bicyclic) bond motifs is 1. The van der Waals surface area contributed by atoms with Crippen LogP contribution < -0.4 is 22.5 Å². The van der Waals surface area contributed by atoms with E-state index in [1.54, 1.807) is 6.07 Å². The summed E-state index contributed by atoms with van der Waals surface area (Å²) in [6, 6.07) is 14.4. The van der Waals surface area contributed by atoms with Gasteiger partial charge in [0.2, 0.25) is 0 Å². The summed E-state index contributed by atoms with van der Waals surface area (Å²) in [7, 11) is 4.68. The molecular formula is C25H30Cl2N2O2. The third-order valence-electron chi connectivity index (χ3n) is 6.34. The van der Waals surface area contributed by atoms with Crippen molar-refractivity contribution in [3.63, 3.8) is 0 Å². The number of anilines is 1. The number of nitrogens with zero attached hydrogens (tertiary/aromatic N) is 1. The van der Waals surface area contributed by atoms with Crippen LogP contribution in [0.25, 0.3) is 6.08 Å². The molecular weight excluding hydrogens is 431 g/mol. The molecule has 166 valence electrons. The Labute approximate surface area is 196 Å². The number of halogens is 2. The molecule has 4 rings (SSSR count). The van der Waals surface area contributed by atoms with Gasteiger partial charge >= 0.3 is 0 Å². The van der Waals surface area contributed by atoms with Crippen molar-refractivity contribution in [1.29, 1.82) is 0 Å². The molecule has 2 aromatic carbocycles. The number of carbonyl (C=O) groups is 1. The molecule has 0 aromatic heterocycles. The van der Waals surface area contributed by atoms with Gasteiger partial charge in [-0.1, -0.05) is 30.2 Å². The van der Waals surface area contributed by atoms with Crippen LogP contribution in [0.4, 0.5) is 5.69 Å². The van der Waals surface area contributed by atoms with Gasteiger partial charge in [0.1, 0.15) is 18.9 Å². The van der Waals surface area contributed by atoms with Crippen LogP contribution in [0.3, 0.4) is 0 Å². The first kappa shape index (κ1) is 23.6. The molecule has 0 radical (unpaired) electrons. The number of hydrogen-bond acceptors (Lipinski definition) is 2. The van der Waals surface area contributed by atoms with E-state index < -0.39 is 0 Å². The maximum atomic E-state index is 12.7. The van der Waals surface area contributed by atoms with Crippen LogP contribution in [0, 0.1) is 0 Å². The van der Waals surface area contributed by atoms with Gasteiger partial charge in [-0.05, 0) is 62.1 Å². The second-order valence-corrected chi connectivity index (χ2v) is 9.46. The van der Waals surface area contributed by atoms with Crippen molar-refractivity contribution in [1.82, 2.24) is 0 Å². The first-order valence-electron chi connectivity index (χ1n) is 10.8. The Morgan fingerprint density at radius 2 is 1.81 bits per heavy atom. The number of hydrogen-bond donors (Lipinski definition) is 1. The van der Waals surface area contributed by atoms with Gasteiger partial charge in [-0.2, -0.15) is 0 Å². The summed E-state index contributed by atoms with van der Waals surface area (Å²) in [6.07, 6.45) is 8.59. The molecule has 0 spiro atoms. The SMILES string of the molecule is C[N+](C)(Cc1ccc(NC(=O)C2=Cc3cc(Cl)ccc3OC2)cc1)C1CCCCC1.[Cl-]. The second kappa shape index (κ2) is 10.1. The lowest BCUT2D eigenvalue weighted by Gasteiger charge is -2.40. The van der Waals surface area contributed by atoms with Gasteiger partial charge in [0.05, 0.1) is 25.7 Å². The maximum Gasteiger partial charge on any atom is 0.255 e. The third-order valence-corrected chi connectivity index (χ3v) is 6.58. The van der Waals surface area contributed by atoms with E-state index in [9.17, 15) is 4.79 Å². The Bertz CT molecular complexity index is 948. The zero-order valence-electron chi connectivity index (χ0n) is 18.2. The molecule has 4 nitrogen and oxygen atoms in total. The summed E-state index contributed by atoms with van der Waals surface area (Å²) in [5.41, 5.74) is 3.51. The number of benzene rings is 2. The van der Waals surface area contributed by atoms with Crippen molar-refractivity contribution in [2.45, 2.75) is 44.7 Å². The molecule has 2 aliphatic rings. The first-order chi connectivity index (χ1) is 14.4. The summed E-state index contributed by atoms with van der Waals surface area (Å²) in [6.45, 7) is 1.26. The molecule has 1 heterocycles. The van der Waals surface area contributed by atoms with Crippen LogP contribution in [0.5, 0.6) is 5.75 Å². The highest BCUT2D eigenvalue weighted by atomic mass is 35.5. The number of amides is 1. The second-order valence-electron chi connectivity index (χ2n) is 9.02. The molecule has 1 aliphatic heterocycles. The van der Waals surface area contributed by atoms with Gasteiger partial charge in [-0.15, -0.1) is 0 Å². The minimum Gasteiger partial charge on any atom is -1.00 e. The lowest BCUT2D eigenvalue weighted by molar-refractivity contribution is -0.929. The maximum absolute atomic E-state index is 12.7. The molecule has 1 fully saturated rings. The van der Waals surface area contributed by atoms with Crippen molar-refractivity contribution in [2.75, 3.05) is 26.0 Å². The van der Waals surface area contributed by atoms with Crippen molar-refractivity contribution in [3.8, 4) is 5.75 Å². The first-order valence-corrected chi connectivity index (χ1v) is 11.1. The van der Waals surface area contributed by atoms with Gasteiger partial charge in [0, 0.05) is 21.8 Å².